The van der Waals surface area contributed by atoms with Crippen molar-refractivity contribution in [2.24, 2.45) is 0 Å². The minimum absolute atomic E-state index is 0.0222. The Bertz CT molecular complexity index is 558. The van der Waals surface area contributed by atoms with Gasteiger partial charge in [-0.2, -0.15) is 0 Å². The third-order valence-electron chi connectivity index (χ3n) is 3.86. The summed E-state index contributed by atoms with van der Waals surface area (Å²) in [5, 5.41) is 2.32. The minimum atomic E-state index is -1.59. The lowest BCUT2D eigenvalue weighted by atomic mass is 10.1. The van der Waals surface area contributed by atoms with Crippen molar-refractivity contribution < 1.29 is 27.6 Å². The summed E-state index contributed by atoms with van der Waals surface area (Å²) in [6.07, 6.45) is 0.0444. The van der Waals surface area contributed by atoms with Gasteiger partial charge in [0.15, 0.2) is 23.5 Å². The lowest BCUT2D eigenvalue weighted by Gasteiger charge is -2.35. The molecule has 1 aliphatic rings. The number of quaternary nitrogens is 1. The van der Waals surface area contributed by atoms with Gasteiger partial charge in [-0.1, -0.05) is 0 Å². The van der Waals surface area contributed by atoms with Gasteiger partial charge in [-0.05, 0) is 32.9 Å². The van der Waals surface area contributed by atoms with E-state index in [0.29, 0.717) is 13.1 Å². The van der Waals surface area contributed by atoms with E-state index in [1.54, 1.807) is 6.92 Å². The molecule has 4 nitrogen and oxygen atoms in total. The molecule has 7 heteroatoms. The Balaban J connectivity index is 2.07. The van der Waals surface area contributed by atoms with Crippen molar-refractivity contribution in [3.8, 4) is 0 Å². The van der Waals surface area contributed by atoms with E-state index in [2.05, 4.69) is 5.32 Å². The topological polar surface area (TPSA) is 42.8 Å². The third kappa shape index (κ3) is 3.59. The molecule has 22 heavy (non-hydrogen) atoms. The molecular weight excluding hydrogens is 297 g/mol. The molecule has 0 spiro atoms. The van der Waals surface area contributed by atoms with Crippen LogP contribution in [0.1, 0.15) is 20.8 Å². The molecule has 1 saturated heterocycles. The molecule has 0 saturated carbocycles. The van der Waals surface area contributed by atoms with Gasteiger partial charge in [0.05, 0.1) is 5.69 Å². The van der Waals surface area contributed by atoms with Crippen molar-refractivity contribution in [1.29, 1.82) is 0 Å². The molecule has 1 aromatic rings. The standard InChI is InChI=1S/C15H19F3N2O2/c1-8-6-20(7-9(2)22-8)10(3)15(21)19-12-5-4-11(16)13(17)14(12)18/h4-5,8-10H,6-7H2,1-3H3,(H,19,21)/p+1/t8-,9-,10+/m1/s1. The van der Waals surface area contributed by atoms with Gasteiger partial charge in [0.1, 0.15) is 25.3 Å². The van der Waals surface area contributed by atoms with Crippen molar-refractivity contribution in [3.05, 3.63) is 29.6 Å². The first kappa shape index (κ1) is 16.8. The van der Waals surface area contributed by atoms with Gasteiger partial charge in [0.2, 0.25) is 0 Å². The van der Waals surface area contributed by atoms with Gasteiger partial charge < -0.3 is 15.0 Å². The van der Waals surface area contributed by atoms with Gasteiger partial charge in [0.25, 0.3) is 5.91 Å². The Labute approximate surface area is 127 Å². The van der Waals surface area contributed by atoms with E-state index in [1.807, 2.05) is 13.8 Å². The summed E-state index contributed by atoms with van der Waals surface area (Å²) >= 11 is 0. The number of ether oxygens (including phenoxy) is 1. The lowest BCUT2D eigenvalue weighted by molar-refractivity contribution is -0.928. The van der Waals surface area contributed by atoms with Gasteiger partial charge in [-0.25, -0.2) is 13.2 Å². The number of carbonyl (C=O) groups excluding carboxylic acids is 1. The first-order valence-corrected chi connectivity index (χ1v) is 7.24. The van der Waals surface area contributed by atoms with Crippen LogP contribution in [-0.4, -0.2) is 37.2 Å². The average molecular weight is 317 g/mol. The maximum Gasteiger partial charge on any atom is 0.282 e. The molecular formula is C15H20F3N2O2+. The molecule has 0 unspecified atom stereocenters. The summed E-state index contributed by atoms with van der Waals surface area (Å²) in [6.45, 7) is 6.87. The third-order valence-corrected chi connectivity index (χ3v) is 3.86. The first-order chi connectivity index (χ1) is 10.3. The van der Waals surface area contributed by atoms with E-state index < -0.39 is 29.4 Å². The predicted octanol–water partition coefficient (Wildman–Crippen LogP) is 1.12. The zero-order valence-corrected chi connectivity index (χ0v) is 12.8. The lowest BCUT2D eigenvalue weighted by Crippen LogP contribution is -3.19. The van der Waals surface area contributed by atoms with Crippen LogP contribution in [0.5, 0.6) is 0 Å². The van der Waals surface area contributed by atoms with E-state index in [0.717, 1.165) is 17.0 Å². The number of halogens is 3. The van der Waals surface area contributed by atoms with Crippen LogP contribution >= 0.6 is 0 Å². The summed E-state index contributed by atoms with van der Waals surface area (Å²) < 4.78 is 45.3. The van der Waals surface area contributed by atoms with Gasteiger partial charge in [-0.3, -0.25) is 4.79 Å². The summed E-state index contributed by atoms with van der Waals surface area (Å²) in [5.74, 6) is -4.71. The second-order valence-corrected chi connectivity index (χ2v) is 5.76. The number of hydrogen-bond acceptors (Lipinski definition) is 2. The SMILES string of the molecule is C[C@@H]1C[NH+]([C@@H](C)C(=O)Nc2ccc(F)c(F)c2F)C[C@@H](C)O1. The second-order valence-electron chi connectivity index (χ2n) is 5.76. The summed E-state index contributed by atoms with van der Waals surface area (Å²) in [6, 6.07) is 1.34. The number of morpholine rings is 1. The molecule has 0 radical (unpaired) electrons. The van der Waals surface area contributed by atoms with E-state index in [-0.39, 0.29) is 17.9 Å². The molecule has 1 aromatic carbocycles. The van der Waals surface area contributed by atoms with Gasteiger partial charge >= 0.3 is 0 Å². The summed E-state index contributed by atoms with van der Waals surface area (Å²) in [7, 11) is 0. The summed E-state index contributed by atoms with van der Waals surface area (Å²) in [5.41, 5.74) is -0.357. The van der Waals surface area contributed by atoms with Gasteiger partial charge in [0, 0.05) is 0 Å². The molecule has 2 rings (SSSR count). The Kier molecular flexibility index (Phi) is 5.08. The van der Waals surface area contributed by atoms with Crippen LogP contribution in [-0.2, 0) is 9.53 Å². The molecule has 0 aromatic heterocycles. The maximum atomic E-state index is 13.6. The molecule has 122 valence electrons. The number of benzene rings is 1. The van der Waals surface area contributed by atoms with Crippen molar-refractivity contribution in [3.63, 3.8) is 0 Å². The molecule has 0 aliphatic carbocycles. The number of hydrogen-bond donors (Lipinski definition) is 2. The highest BCUT2D eigenvalue weighted by molar-refractivity contribution is 5.93. The fourth-order valence-corrected chi connectivity index (χ4v) is 2.72. The fraction of sp³-hybridized carbons (Fsp3) is 0.533. The molecule has 1 fully saturated rings. The quantitative estimate of drug-likeness (QED) is 0.821. The van der Waals surface area contributed by atoms with Crippen molar-refractivity contribution >= 4 is 11.6 Å². The molecule has 1 amide bonds. The van der Waals surface area contributed by atoms with E-state index >= 15 is 0 Å². The van der Waals surface area contributed by atoms with Crippen LogP contribution in [0.2, 0.25) is 0 Å². The number of anilines is 1. The highest BCUT2D eigenvalue weighted by atomic mass is 19.2. The van der Waals surface area contributed by atoms with Crippen molar-refractivity contribution in [2.45, 2.75) is 39.0 Å². The first-order valence-electron chi connectivity index (χ1n) is 7.24. The van der Waals surface area contributed by atoms with Crippen molar-refractivity contribution in [1.82, 2.24) is 0 Å². The maximum absolute atomic E-state index is 13.6. The van der Waals surface area contributed by atoms with Gasteiger partial charge in [-0.15, -0.1) is 0 Å². The Morgan fingerprint density at radius 1 is 1.23 bits per heavy atom. The Morgan fingerprint density at radius 3 is 2.41 bits per heavy atom. The zero-order valence-electron chi connectivity index (χ0n) is 12.8. The molecule has 2 N–H and O–H groups in total. The van der Waals surface area contributed by atoms with Crippen LogP contribution in [0.3, 0.4) is 0 Å². The number of amides is 1. The number of rotatable bonds is 3. The van der Waals surface area contributed by atoms with Crippen LogP contribution in [0.4, 0.5) is 18.9 Å². The molecule has 3 atom stereocenters. The average Bonchev–Trinajstić information content (AvgIpc) is 2.46. The molecule has 0 bridgehead atoms. The zero-order chi connectivity index (χ0) is 16.4. The fourth-order valence-electron chi connectivity index (χ4n) is 2.72. The summed E-state index contributed by atoms with van der Waals surface area (Å²) in [4.78, 5) is 13.2. The van der Waals surface area contributed by atoms with E-state index in [4.69, 9.17) is 4.74 Å². The minimum Gasteiger partial charge on any atom is -0.364 e. The number of carbonyl (C=O) groups is 1. The second kappa shape index (κ2) is 6.66. The van der Waals surface area contributed by atoms with Crippen LogP contribution in [0.25, 0.3) is 0 Å². The van der Waals surface area contributed by atoms with Crippen molar-refractivity contribution in [2.75, 3.05) is 18.4 Å². The highest BCUT2D eigenvalue weighted by Crippen LogP contribution is 2.19. The van der Waals surface area contributed by atoms with E-state index in [9.17, 15) is 18.0 Å². The Hall–Kier alpha value is -1.60. The normalized spacial score (nSPS) is 26.5. The number of nitrogens with one attached hydrogen (secondary N) is 2. The largest absolute Gasteiger partial charge is 0.364 e. The monoisotopic (exact) mass is 317 g/mol. The van der Waals surface area contributed by atoms with Crippen LogP contribution < -0.4 is 10.2 Å². The molecule has 1 heterocycles. The smallest absolute Gasteiger partial charge is 0.282 e. The molecule has 1 aliphatic heterocycles. The Morgan fingerprint density at radius 2 is 1.82 bits per heavy atom. The predicted molar refractivity (Wildman–Crippen MR) is 75.1 cm³/mol. The van der Waals surface area contributed by atoms with Crippen LogP contribution in [0.15, 0.2) is 12.1 Å². The van der Waals surface area contributed by atoms with Crippen LogP contribution in [0, 0.1) is 17.5 Å². The highest BCUT2D eigenvalue weighted by Gasteiger charge is 2.33. The van der Waals surface area contributed by atoms with E-state index in [1.165, 1.54) is 0 Å².